The SMILES string of the molecule is NCc1ccc(NC(=O)c2cc([N+](=O)[O-])cc3ccccc23)c(O)c1. The third-order valence-corrected chi connectivity index (χ3v) is 3.85. The van der Waals surface area contributed by atoms with Crippen molar-refractivity contribution in [1.29, 1.82) is 0 Å². The molecule has 3 rings (SSSR count). The van der Waals surface area contributed by atoms with Gasteiger partial charge in [-0.1, -0.05) is 30.3 Å². The smallest absolute Gasteiger partial charge is 0.270 e. The van der Waals surface area contributed by atoms with Crippen LogP contribution < -0.4 is 11.1 Å². The molecule has 7 nitrogen and oxygen atoms in total. The van der Waals surface area contributed by atoms with Crippen molar-refractivity contribution in [3.63, 3.8) is 0 Å². The average Bonchev–Trinajstić information content (AvgIpc) is 2.62. The maximum Gasteiger partial charge on any atom is 0.270 e. The maximum absolute atomic E-state index is 12.6. The summed E-state index contributed by atoms with van der Waals surface area (Å²) >= 11 is 0. The molecule has 0 spiro atoms. The van der Waals surface area contributed by atoms with Crippen LogP contribution in [0.3, 0.4) is 0 Å². The van der Waals surface area contributed by atoms with Crippen molar-refractivity contribution in [2.75, 3.05) is 5.32 Å². The molecular weight excluding hydrogens is 322 g/mol. The standard InChI is InChI=1S/C18H15N3O4/c19-10-11-5-6-16(17(22)7-11)20-18(23)15-9-13(21(24)25)8-12-3-1-2-4-14(12)15/h1-9,22H,10,19H2,(H,20,23). The van der Waals surface area contributed by atoms with Crippen molar-refractivity contribution in [2.24, 2.45) is 5.73 Å². The first-order chi connectivity index (χ1) is 12.0. The molecule has 0 aliphatic rings. The zero-order valence-corrected chi connectivity index (χ0v) is 13.1. The number of carbonyl (C=O) groups excluding carboxylic acids is 1. The number of nitro groups is 1. The number of hydrogen-bond acceptors (Lipinski definition) is 5. The van der Waals surface area contributed by atoms with E-state index in [9.17, 15) is 20.0 Å². The predicted molar refractivity (Wildman–Crippen MR) is 94.6 cm³/mol. The number of nitrogens with zero attached hydrogens (tertiary/aromatic N) is 1. The first kappa shape index (κ1) is 16.4. The highest BCUT2D eigenvalue weighted by Gasteiger charge is 2.17. The number of phenols is 1. The van der Waals surface area contributed by atoms with Crippen LogP contribution in [0, 0.1) is 10.1 Å². The van der Waals surface area contributed by atoms with E-state index in [-0.39, 0.29) is 29.2 Å². The van der Waals surface area contributed by atoms with Gasteiger partial charge in [0.1, 0.15) is 5.75 Å². The minimum absolute atomic E-state index is 0.119. The quantitative estimate of drug-likeness (QED) is 0.384. The monoisotopic (exact) mass is 337 g/mol. The van der Waals surface area contributed by atoms with Gasteiger partial charge in [0, 0.05) is 18.7 Å². The summed E-state index contributed by atoms with van der Waals surface area (Å²) in [7, 11) is 0. The highest BCUT2D eigenvalue weighted by molar-refractivity contribution is 6.14. The van der Waals surface area contributed by atoms with Gasteiger partial charge in [0.2, 0.25) is 0 Å². The highest BCUT2D eigenvalue weighted by Crippen LogP contribution is 2.28. The average molecular weight is 337 g/mol. The third kappa shape index (κ3) is 3.26. The zero-order valence-electron chi connectivity index (χ0n) is 13.1. The molecule has 4 N–H and O–H groups in total. The molecule has 0 aliphatic heterocycles. The molecule has 25 heavy (non-hydrogen) atoms. The third-order valence-electron chi connectivity index (χ3n) is 3.85. The van der Waals surface area contributed by atoms with E-state index in [1.165, 1.54) is 24.3 Å². The lowest BCUT2D eigenvalue weighted by atomic mass is 10.0. The van der Waals surface area contributed by atoms with Crippen LogP contribution in [0.25, 0.3) is 10.8 Å². The van der Waals surface area contributed by atoms with Crippen molar-refractivity contribution >= 4 is 28.1 Å². The molecule has 0 atom stereocenters. The van der Waals surface area contributed by atoms with E-state index in [4.69, 9.17) is 5.73 Å². The van der Waals surface area contributed by atoms with Crippen LogP contribution in [0.4, 0.5) is 11.4 Å². The van der Waals surface area contributed by atoms with Gasteiger partial charge >= 0.3 is 0 Å². The number of carbonyl (C=O) groups is 1. The summed E-state index contributed by atoms with van der Waals surface area (Å²) in [5, 5.41) is 24.9. The number of nitrogens with one attached hydrogen (secondary N) is 1. The second-order valence-electron chi connectivity index (χ2n) is 5.48. The van der Waals surface area contributed by atoms with Gasteiger partial charge in [-0.3, -0.25) is 14.9 Å². The summed E-state index contributed by atoms with van der Waals surface area (Å²) in [6, 6.07) is 14.2. The number of nitro benzene ring substituents is 1. The molecule has 0 aliphatic carbocycles. The maximum atomic E-state index is 12.6. The van der Waals surface area contributed by atoms with Crippen LogP contribution in [0.2, 0.25) is 0 Å². The minimum Gasteiger partial charge on any atom is -0.506 e. The molecule has 1 amide bonds. The van der Waals surface area contributed by atoms with Crippen LogP contribution in [0.1, 0.15) is 15.9 Å². The van der Waals surface area contributed by atoms with E-state index in [0.717, 1.165) is 5.56 Å². The Bertz CT molecular complexity index is 985. The van der Waals surface area contributed by atoms with Gasteiger partial charge in [0.25, 0.3) is 11.6 Å². The fourth-order valence-corrected chi connectivity index (χ4v) is 2.59. The summed E-state index contributed by atoms with van der Waals surface area (Å²) in [6.45, 7) is 0.261. The first-order valence-corrected chi connectivity index (χ1v) is 7.50. The second-order valence-corrected chi connectivity index (χ2v) is 5.48. The van der Waals surface area contributed by atoms with E-state index in [1.54, 1.807) is 30.3 Å². The van der Waals surface area contributed by atoms with Crippen molar-refractivity contribution in [1.82, 2.24) is 0 Å². The van der Waals surface area contributed by atoms with Gasteiger partial charge in [0.05, 0.1) is 16.2 Å². The molecule has 0 unspecified atom stereocenters. The summed E-state index contributed by atoms with van der Waals surface area (Å²) in [5.41, 5.74) is 6.42. The van der Waals surface area contributed by atoms with Gasteiger partial charge in [-0.2, -0.15) is 0 Å². The van der Waals surface area contributed by atoms with Crippen LogP contribution in [-0.4, -0.2) is 15.9 Å². The Morgan fingerprint density at radius 1 is 1.16 bits per heavy atom. The molecule has 0 fully saturated rings. The van der Waals surface area contributed by atoms with Gasteiger partial charge in [-0.25, -0.2) is 0 Å². The number of phenolic OH excluding ortho intramolecular Hbond substituents is 1. The Labute approximate surface area is 142 Å². The molecule has 0 radical (unpaired) electrons. The summed E-state index contributed by atoms with van der Waals surface area (Å²) in [5.74, 6) is -0.665. The molecule has 7 heteroatoms. The predicted octanol–water partition coefficient (Wildman–Crippen LogP) is 3.16. The number of amides is 1. The normalized spacial score (nSPS) is 10.6. The van der Waals surface area contributed by atoms with Gasteiger partial charge in [-0.15, -0.1) is 0 Å². The summed E-state index contributed by atoms with van der Waals surface area (Å²) < 4.78 is 0. The molecular formula is C18H15N3O4. The molecule has 3 aromatic carbocycles. The van der Waals surface area contributed by atoms with E-state index in [1.807, 2.05) is 0 Å². The Morgan fingerprint density at radius 3 is 2.60 bits per heavy atom. The van der Waals surface area contributed by atoms with E-state index in [2.05, 4.69) is 5.32 Å². The second kappa shape index (κ2) is 6.58. The molecule has 0 heterocycles. The zero-order chi connectivity index (χ0) is 18.0. The summed E-state index contributed by atoms with van der Waals surface area (Å²) in [4.78, 5) is 23.2. The van der Waals surface area contributed by atoms with Crippen LogP contribution in [0.15, 0.2) is 54.6 Å². The fourth-order valence-electron chi connectivity index (χ4n) is 2.59. The number of anilines is 1. The Morgan fingerprint density at radius 2 is 1.92 bits per heavy atom. The molecule has 0 bridgehead atoms. The Hall–Kier alpha value is -3.45. The fraction of sp³-hybridized carbons (Fsp3) is 0.0556. The number of benzene rings is 3. The van der Waals surface area contributed by atoms with Crippen molar-refractivity contribution < 1.29 is 14.8 Å². The van der Waals surface area contributed by atoms with E-state index < -0.39 is 10.8 Å². The molecule has 126 valence electrons. The number of nitrogens with two attached hydrogens (primary N) is 1. The minimum atomic E-state index is -0.546. The number of non-ortho nitro benzene ring substituents is 1. The Kier molecular flexibility index (Phi) is 4.32. The van der Waals surface area contributed by atoms with E-state index >= 15 is 0 Å². The van der Waals surface area contributed by atoms with Gasteiger partial charge in [-0.05, 0) is 28.5 Å². The van der Waals surface area contributed by atoms with Gasteiger partial charge in [0.15, 0.2) is 0 Å². The molecule has 3 aromatic rings. The van der Waals surface area contributed by atoms with E-state index in [0.29, 0.717) is 10.8 Å². The lowest BCUT2D eigenvalue weighted by Gasteiger charge is -2.10. The lowest BCUT2D eigenvalue weighted by Crippen LogP contribution is -2.13. The Balaban J connectivity index is 2.03. The number of rotatable bonds is 4. The topological polar surface area (TPSA) is 118 Å². The largest absolute Gasteiger partial charge is 0.506 e. The lowest BCUT2D eigenvalue weighted by molar-refractivity contribution is -0.384. The van der Waals surface area contributed by atoms with Gasteiger partial charge < -0.3 is 16.2 Å². The van der Waals surface area contributed by atoms with Crippen molar-refractivity contribution in [3.8, 4) is 5.75 Å². The summed E-state index contributed by atoms with van der Waals surface area (Å²) in [6.07, 6.45) is 0. The molecule has 0 aromatic heterocycles. The number of hydrogen-bond donors (Lipinski definition) is 3. The van der Waals surface area contributed by atoms with Crippen LogP contribution in [-0.2, 0) is 6.54 Å². The van der Waals surface area contributed by atoms with Crippen LogP contribution >= 0.6 is 0 Å². The van der Waals surface area contributed by atoms with Crippen LogP contribution in [0.5, 0.6) is 5.75 Å². The first-order valence-electron chi connectivity index (χ1n) is 7.50. The number of fused-ring (bicyclic) bond motifs is 1. The highest BCUT2D eigenvalue weighted by atomic mass is 16.6. The molecule has 0 saturated heterocycles. The molecule has 0 saturated carbocycles. The van der Waals surface area contributed by atoms with Crippen molar-refractivity contribution in [2.45, 2.75) is 6.54 Å². The number of aromatic hydroxyl groups is 1. The van der Waals surface area contributed by atoms with Crippen molar-refractivity contribution in [3.05, 3.63) is 75.8 Å².